The lowest BCUT2D eigenvalue weighted by molar-refractivity contribution is 0.0596. The zero-order valence-electron chi connectivity index (χ0n) is 12.7. The molecule has 23 heavy (non-hydrogen) atoms. The van der Waals surface area contributed by atoms with Gasteiger partial charge in [0.1, 0.15) is 0 Å². The molecule has 1 aliphatic rings. The van der Waals surface area contributed by atoms with Crippen LogP contribution in [0.1, 0.15) is 39.2 Å². The number of rotatable bonds is 2. The van der Waals surface area contributed by atoms with Gasteiger partial charge in [-0.15, -0.1) is 0 Å². The van der Waals surface area contributed by atoms with Gasteiger partial charge in [-0.2, -0.15) is 0 Å². The van der Waals surface area contributed by atoms with Crippen LogP contribution < -0.4 is 0 Å². The number of hydrogen-bond acceptors (Lipinski definition) is 2. The van der Waals surface area contributed by atoms with E-state index in [-0.39, 0.29) is 17.9 Å². The smallest absolute Gasteiger partial charge is 0.262 e. The fourth-order valence-electron chi connectivity index (χ4n) is 3.31. The predicted octanol–water partition coefficient (Wildman–Crippen LogP) is 4.20. The van der Waals surface area contributed by atoms with E-state index in [9.17, 15) is 9.59 Å². The number of benzene rings is 3. The lowest BCUT2D eigenvalue weighted by Gasteiger charge is -2.24. The number of imide groups is 1. The van der Waals surface area contributed by atoms with Crippen LogP contribution in [0.4, 0.5) is 0 Å². The fourth-order valence-corrected chi connectivity index (χ4v) is 3.31. The molecule has 2 amide bonds. The molecule has 3 heteroatoms. The lowest BCUT2D eigenvalue weighted by Crippen LogP contribution is -2.32. The van der Waals surface area contributed by atoms with E-state index in [1.165, 1.54) is 4.90 Å². The molecule has 0 spiro atoms. The third-order valence-electron chi connectivity index (χ3n) is 4.49. The molecule has 0 bridgehead atoms. The Bertz CT molecular complexity index is 905. The van der Waals surface area contributed by atoms with Crippen LogP contribution >= 0.6 is 0 Å². The third kappa shape index (κ3) is 1.97. The highest BCUT2D eigenvalue weighted by atomic mass is 16.2. The second-order valence-corrected chi connectivity index (χ2v) is 5.77. The Labute approximate surface area is 134 Å². The van der Waals surface area contributed by atoms with Crippen LogP contribution in [-0.2, 0) is 0 Å². The summed E-state index contributed by atoms with van der Waals surface area (Å²) in [4.78, 5) is 26.7. The van der Waals surface area contributed by atoms with E-state index >= 15 is 0 Å². The summed E-state index contributed by atoms with van der Waals surface area (Å²) >= 11 is 0. The zero-order chi connectivity index (χ0) is 16.0. The molecule has 3 nitrogen and oxygen atoms in total. The van der Waals surface area contributed by atoms with Crippen molar-refractivity contribution >= 4 is 22.6 Å². The molecule has 1 atom stereocenters. The topological polar surface area (TPSA) is 37.4 Å². The van der Waals surface area contributed by atoms with Crippen LogP contribution in [0.2, 0.25) is 0 Å². The number of carbonyl (C=O) groups is 2. The minimum Gasteiger partial charge on any atom is -0.269 e. The van der Waals surface area contributed by atoms with Crippen LogP contribution in [0.5, 0.6) is 0 Å². The number of carbonyl (C=O) groups excluding carboxylic acids is 2. The van der Waals surface area contributed by atoms with Crippen molar-refractivity contribution in [1.29, 1.82) is 0 Å². The van der Waals surface area contributed by atoms with Crippen molar-refractivity contribution in [3.05, 3.63) is 83.4 Å². The summed E-state index contributed by atoms with van der Waals surface area (Å²) in [6.07, 6.45) is 0. The highest BCUT2D eigenvalue weighted by molar-refractivity contribution is 6.21. The maximum Gasteiger partial charge on any atom is 0.262 e. The fraction of sp³-hybridized carbons (Fsp3) is 0.100. The first-order chi connectivity index (χ1) is 11.2. The van der Waals surface area contributed by atoms with E-state index < -0.39 is 0 Å². The summed E-state index contributed by atoms with van der Waals surface area (Å²) in [5.41, 5.74) is 1.96. The van der Waals surface area contributed by atoms with Gasteiger partial charge in [0, 0.05) is 0 Å². The number of hydrogen-bond donors (Lipinski definition) is 0. The molecular formula is C20H15NO2. The second kappa shape index (κ2) is 5.06. The molecule has 1 heterocycles. The van der Waals surface area contributed by atoms with Gasteiger partial charge in [-0.1, -0.05) is 54.6 Å². The van der Waals surface area contributed by atoms with Gasteiger partial charge in [-0.25, -0.2) is 0 Å². The van der Waals surface area contributed by atoms with Crippen LogP contribution in [0.15, 0.2) is 66.7 Å². The summed E-state index contributed by atoms with van der Waals surface area (Å²) < 4.78 is 0. The van der Waals surface area contributed by atoms with Gasteiger partial charge in [0.25, 0.3) is 11.8 Å². The number of amides is 2. The second-order valence-electron chi connectivity index (χ2n) is 5.77. The van der Waals surface area contributed by atoms with E-state index in [0.29, 0.717) is 11.1 Å². The SMILES string of the molecule is CC(c1cccc2ccccc12)N1C(=O)c2ccccc2C1=O. The van der Waals surface area contributed by atoms with Gasteiger partial charge in [-0.05, 0) is 35.4 Å². The van der Waals surface area contributed by atoms with Gasteiger partial charge in [0.2, 0.25) is 0 Å². The van der Waals surface area contributed by atoms with Crippen molar-refractivity contribution in [2.75, 3.05) is 0 Å². The van der Waals surface area contributed by atoms with Crippen LogP contribution in [0, 0.1) is 0 Å². The molecule has 0 N–H and O–H groups in total. The molecule has 0 radical (unpaired) electrons. The monoisotopic (exact) mass is 301 g/mol. The predicted molar refractivity (Wildman–Crippen MR) is 89.3 cm³/mol. The third-order valence-corrected chi connectivity index (χ3v) is 4.49. The van der Waals surface area contributed by atoms with E-state index in [0.717, 1.165) is 16.3 Å². The van der Waals surface area contributed by atoms with Crippen molar-refractivity contribution in [1.82, 2.24) is 4.90 Å². The lowest BCUT2D eigenvalue weighted by atomic mass is 9.99. The maximum absolute atomic E-state index is 12.7. The highest BCUT2D eigenvalue weighted by Gasteiger charge is 2.38. The van der Waals surface area contributed by atoms with Gasteiger partial charge < -0.3 is 0 Å². The molecule has 1 unspecified atom stereocenters. The molecule has 0 saturated carbocycles. The first kappa shape index (κ1) is 13.7. The number of nitrogens with zero attached hydrogens (tertiary/aromatic N) is 1. The zero-order valence-corrected chi connectivity index (χ0v) is 12.7. The quantitative estimate of drug-likeness (QED) is 0.665. The molecular weight excluding hydrogens is 286 g/mol. The van der Waals surface area contributed by atoms with Crippen LogP contribution in [0.25, 0.3) is 10.8 Å². The molecule has 3 aromatic rings. The molecule has 0 aliphatic carbocycles. The Kier molecular flexibility index (Phi) is 3.01. The largest absolute Gasteiger partial charge is 0.269 e. The average molecular weight is 301 g/mol. The van der Waals surface area contributed by atoms with E-state index in [1.807, 2.05) is 49.4 Å². The summed E-state index contributed by atoms with van der Waals surface area (Å²) in [6.45, 7) is 1.91. The van der Waals surface area contributed by atoms with Crippen molar-refractivity contribution in [3.63, 3.8) is 0 Å². The number of fused-ring (bicyclic) bond motifs is 2. The summed E-state index contributed by atoms with van der Waals surface area (Å²) in [5, 5.41) is 2.17. The summed E-state index contributed by atoms with van der Waals surface area (Å²) in [5.74, 6) is -0.433. The van der Waals surface area contributed by atoms with Gasteiger partial charge in [0.05, 0.1) is 17.2 Å². The van der Waals surface area contributed by atoms with Gasteiger partial charge in [0.15, 0.2) is 0 Å². The Morgan fingerprint density at radius 1 is 0.739 bits per heavy atom. The summed E-state index contributed by atoms with van der Waals surface area (Å²) in [6, 6.07) is 20.7. The first-order valence-corrected chi connectivity index (χ1v) is 7.63. The molecule has 0 fully saturated rings. The van der Waals surface area contributed by atoms with Gasteiger partial charge >= 0.3 is 0 Å². The molecule has 0 saturated heterocycles. The van der Waals surface area contributed by atoms with E-state index in [4.69, 9.17) is 0 Å². The van der Waals surface area contributed by atoms with E-state index in [2.05, 4.69) is 0 Å². The molecule has 1 aliphatic heterocycles. The molecule has 4 rings (SSSR count). The molecule has 3 aromatic carbocycles. The molecule has 0 aromatic heterocycles. The van der Waals surface area contributed by atoms with Crippen molar-refractivity contribution in [2.45, 2.75) is 13.0 Å². The van der Waals surface area contributed by atoms with E-state index in [1.54, 1.807) is 24.3 Å². The summed E-state index contributed by atoms with van der Waals surface area (Å²) in [7, 11) is 0. The van der Waals surface area contributed by atoms with Crippen molar-refractivity contribution in [3.8, 4) is 0 Å². The van der Waals surface area contributed by atoms with Crippen LogP contribution in [-0.4, -0.2) is 16.7 Å². The first-order valence-electron chi connectivity index (χ1n) is 7.63. The van der Waals surface area contributed by atoms with Gasteiger partial charge in [-0.3, -0.25) is 14.5 Å². The Morgan fingerprint density at radius 3 is 2.00 bits per heavy atom. The average Bonchev–Trinajstić information content (AvgIpc) is 2.85. The maximum atomic E-state index is 12.7. The normalized spacial score (nSPS) is 15.1. The Morgan fingerprint density at radius 2 is 1.30 bits per heavy atom. The highest BCUT2D eigenvalue weighted by Crippen LogP contribution is 2.34. The Hall–Kier alpha value is -2.94. The Balaban J connectivity index is 1.82. The standard InChI is InChI=1S/C20H15NO2/c1-13(15-12-6-8-14-7-2-3-9-16(14)15)21-19(22)17-10-4-5-11-18(17)20(21)23/h2-13H,1H3. The van der Waals surface area contributed by atoms with Crippen LogP contribution in [0.3, 0.4) is 0 Å². The molecule has 112 valence electrons. The minimum absolute atomic E-state index is 0.217. The van der Waals surface area contributed by atoms with Crippen molar-refractivity contribution in [2.24, 2.45) is 0 Å². The minimum atomic E-state index is -0.312. The van der Waals surface area contributed by atoms with Crippen molar-refractivity contribution < 1.29 is 9.59 Å².